The van der Waals surface area contributed by atoms with Gasteiger partial charge in [0.05, 0.1) is 13.2 Å². The van der Waals surface area contributed by atoms with Crippen molar-refractivity contribution < 1.29 is 24.2 Å². The highest BCUT2D eigenvalue weighted by Gasteiger charge is 2.30. The molecule has 0 spiro atoms. The average Bonchev–Trinajstić information content (AvgIpc) is 2.78. The van der Waals surface area contributed by atoms with Crippen LogP contribution in [-0.4, -0.2) is 36.4 Å². The molecule has 5 heteroatoms. The molecule has 2 unspecified atom stereocenters. The monoisotopic (exact) mass is 448 g/mol. The molecule has 182 valence electrons. The van der Waals surface area contributed by atoms with E-state index in [2.05, 4.69) is 25.2 Å². The third kappa shape index (κ3) is 12.8. The van der Waals surface area contributed by atoms with E-state index in [9.17, 15) is 14.7 Å². The van der Waals surface area contributed by atoms with Crippen LogP contribution in [0.1, 0.15) is 90.9 Å². The van der Waals surface area contributed by atoms with Gasteiger partial charge in [-0.25, -0.2) is 0 Å². The minimum Gasteiger partial charge on any atom is -0.469 e. The van der Waals surface area contributed by atoms with Crippen molar-refractivity contribution in [3.05, 3.63) is 36.5 Å². The molecule has 0 fully saturated rings. The Morgan fingerprint density at radius 1 is 1.03 bits per heavy atom. The minimum atomic E-state index is -0.403. The summed E-state index contributed by atoms with van der Waals surface area (Å²) in [6.07, 6.45) is 23.1. The van der Waals surface area contributed by atoms with Crippen molar-refractivity contribution >= 4 is 11.9 Å². The highest BCUT2D eigenvalue weighted by molar-refractivity contribution is 5.69. The molecular formula is C27H44O5. The second-order valence-corrected chi connectivity index (χ2v) is 8.78. The lowest BCUT2D eigenvalue weighted by Crippen LogP contribution is -2.32. The molecule has 0 amide bonds. The summed E-state index contributed by atoms with van der Waals surface area (Å²) >= 11 is 0. The van der Waals surface area contributed by atoms with Crippen LogP contribution in [0.2, 0.25) is 0 Å². The maximum atomic E-state index is 11.7. The van der Waals surface area contributed by atoms with Crippen LogP contribution in [0.5, 0.6) is 0 Å². The standard InChI is InChI=1S/C27H44O5/c1-4-5-6-7-8-9-17-24(29)18-12-10-15-23-16-11-13-19-25(23)26(32-22(2)28)20-14-21-27(30)31-3/h10-13,15,18,23-26,29H,4-9,14,16-17,19-21H2,1-3H3/t23-,24?,25-,26?/m1/s1. The first-order valence-corrected chi connectivity index (χ1v) is 12.4. The van der Waals surface area contributed by atoms with Crippen LogP contribution in [0.15, 0.2) is 36.5 Å². The first-order chi connectivity index (χ1) is 15.5. The molecule has 0 aromatic rings. The number of carbonyl (C=O) groups is 2. The molecule has 5 nitrogen and oxygen atoms in total. The molecule has 0 saturated heterocycles. The molecule has 1 rings (SSSR count). The maximum absolute atomic E-state index is 11.7. The Kier molecular flexibility index (Phi) is 15.5. The number of allylic oxidation sites excluding steroid dienone is 5. The fourth-order valence-corrected chi connectivity index (χ4v) is 4.26. The number of aliphatic hydroxyl groups is 1. The van der Waals surface area contributed by atoms with Gasteiger partial charge in [-0.15, -0.1) is 0 Å². The SMILES string of the molecule is CCCCCCCCC(O)C=CC=C[C@@H]1CC=CC[C@H]1C(CCCC(=O)OC)OC(C)=O. The topological polar surface area (TPSA) is 72.8 Å². The Morgan fingerprint density at radius 2 is 1.75 bits per heavy atom. The summed E-state index contributed by atoms with van der Waals surface area (Å²) in [5.41, 5.74) is 0. The Hall–Kier alpha value is -1.88. The van der Waals surface area contributed by atoms with E-state index >= 15 is 0 Å². The van der Waals surface area contributed by atoms with Crippen LogP contribution in [0.25, 0.3) is 0 Å². The number of aliphatic hydroxyl groups excluding tert-OH is 1. The molecule has 0 aromatic carbocycles. The number of rotatable bonds is 16. The molecule has 4 atom stereocenters. The molecule has 1 N–H and O–H groups in total. The van der Waals surface area contributed by atoms with Gasteiger partial charge in [0.15, 0.2) is 0 Å². The van der Waals surface area contributed by atoms with Crippen molar-refractivity contribution in [1.82, 2.24) is 0 Å². The van der Waals surface area contributed by atoms with Gasteiger partial charge in [0.25, 0.3) is 0 Å². The van der Waals surface area contributed by atoms with E-state index in [1.54, 1.807) is 0 Å². The number of hydrogen-bond acceptors (Lipinski definition) is 5. The van der Waals surface area contributed by atoms with Gasteiger partial charge < -0.3 is 14.6 Å². The van der Waals surface area contributed by atoms with Crippen molar-refractivity contribution in [1.29, 1.82) is 0 Å². The maximum Gasteiger partial charge on any atom is 0.305 e. The predicted octanol–water partition coefficient (Wildman–Crippen LogP) is 6.07. The van der Waals surface area contributed by atoms with Crippen LogP contribution in [0.3, 0.4) is 0 Å². The van der Waals surface area contributed by atoms with Crippen molar-refractivity contribution in [3.63, 3.8) is 0 Å². The molecule has 0 bridgehead atoms. The average molecular weight is 449 g/mol. The molecule has 0 radical (unpaired) electrons. The van der Waals surface area contributed by atoms with Crippen molar-refractivity contribution in [3.8, 4) is 0 Å². The van der Waals surface area contributed by atoms with Gasteiger partial charge in [0.2, 0.25) is 0 Å². The summed E-state index contributed by atoms with van der Waals surface area (Å²) in [6.45, 7) is 3.65. The smallest absolute Gasteiger partial charge is 0.305 e. The first kappa shape index (κ1) is 28.2. The number of carbonyl (C=O) groups excluding carboxylic acids is 2. The normalized spacial score (nSPS) is 20.5. The van der Waals surface area contributed by atoms with Gasteiger partial charge >= 0.3 is 11.9 Å². The summed E-state index contributed by atoms with van der Waals surface area (Å²) in [7, 11) is 1.39. The summed E-state index contributed by atoms with van der Waals surface area (Å²) < 4.78 is 10.4. The fraction of sp³-hybridized carbons (Fsp3) is 0.704. The Morgan fingerprint density at radius 3 is 2.47 bits per heavy atom. The minimum absolute atomic E-state index is 0.180. The molecule has 1 aliphatic rings. The van der Waals surface area contributed by atoms with Crippen LogP contribution >= 0.6 is 0 Å². The van der Waals surface area contributed by atoms with Crippen molar-refractivity contribution in [2.75, 3.05) is 7.11 Å². The van der Waals surface area contributed by atoms with E-state index in [-0.39, 0.29) is 29.9 Å². The number of methoxy groups -OCH3 is 1. The fourth-order valence-electron chi connectivity index (χ4n) is 4.26. The van der Waals surface area contributed by atoms with E-state index in [1.807, 2.05) is 18.2 Å². The number of esters is 2. The summed E-state index contributed by atoms with van der Waals surface area (Å²) in [4.78, 5) is 23.1. The molecular weight excluding hydrogens is 404 g/mol. The van der Waals surface area contributed by atoms with E-state index in [1.165, 1.54) is 46.1 Å². The number of hydrogen-bond donors (Lipinski definition) is 1. The van der Waals surface area contributed by atoms with Gasteiger partial charge in [0, 0.05) is 19.3 Å². The zero-order valence-corrected chi connectivity index (χ0v) is 20.3. The van der Waals surface area contributed by atoms with Crippen molar-refractivity contribution in [2.45, 2.75) is 103 Å². The zero-order valence-electron chi connectivity index (χ0n) is 20.3. The lowest BCUT2D eigenvalue weighted by atomic mass is 9.78. The Bertz CT molecular complexity index is 607. The lowest BCUT2D eigenvalue weighted by molar-refractivity contribution is -0.150. The summed E-state index contributed by atoms with van der Waals surface area (Å²) in [5.74, 6) is -0.0960. The highest BCUT2D eigenvalue weighted by Crippen LogP contribution is 2.33. The first-order valence-electron chi connectivity index (χ1n) is 12.4. The molecule has 0 aliphatic heterocycles. The zero-order chi connectivity index (χ0) is 23.6. The second-order valence-electron chi connectivity index (χ2n) is 8.78. The molecule has 0 heterocycles. The molecule has 0 aromatic heterocycles. The quantitative estimate of drug-likeness (QED) is 0.134. The van der Waals surface area contributed by atoms with Gasteiger partial charge in [-0.05, 0) is 38.0 Å². The van der Waals surface area contributed by atoms with Crippen molar-refractivity contribution in [2.24, 2.45) is 11.8 Å². The van der Waals surface area contributed by atoms with E-state index in [4.69, 9.17) is 9.47 Å². The lowest BCUT2D eigenvalue weighted by Gasteiger charge is -2.33. The van der Waals surface area contributed by atoms with E-state index < -0.39 is 6.10 Å². The third-order valence-electron chi connectivity index (χ3n) is 6.08. The van der Waals surface area contributed by atoms with Gasteiger partial charge in [-0.2, -0.15) is 0 Å². The molecule has 32 heavy (non-hydrogen) atoms. The summed E-state index contributed by atoms with van der Waals surface area (Å²) in [5, 5.41) is 10.2. The Balaban J connectivity index is 2.55. The van der Waals surface area contributed by atoms with E-state index in [0.29, 0.717) is 19.3 Å². The Labute approximate surface area is 194 Å². The van der Waals surface area contributed by atoms with E-state index in [0.717, 1.165) is 25.7 Å². The molecule has 0 saturated carbocycles. The van der Waals surface area contributed by atoms with Gasteiger partial charge in [-0.1, -0.05) is 81.9 Å². The van der Waals surface area contributed by atoms with Crippen LogP contribution in [-0.2, 0) is 19.1 Å². The number of unbranched alkanes of at least 4 members (excludes halogenated alkanes) is 5. The number of ether oxygens (including phenoxy) is 2. The van der Waals surface area contributed by atoms with Crippen LogP contribution in [0.4, 0.5) is 0 Å². The van der Waals surface area contributed by atoms with Gasteiger partial charge in [-0.3, -0.25) is 9.59 Å². The molecule has 1 aliphatic carbocycles. The van der Waals surface area contributed by atoms with Crippen LogP contribution in [0, 0.1) is 11.8 Å². The second kappa shape index (κ2) is 17.6. The third-order valence-corrected chi connectivity index (χ3v) is 6.08. The summed E-state index contributed by atoms with van der Waals surface area (Å²) in [6, 6.07) is 0. The van der Waals surface area contributed by atoms with Gasteiger partial charge in [0.1, 0.15) is 6.10 Å². The van der Waals surface area contributed by atoms with Crippen LogP contribution < -0.4 is 0 Å². The highest BCUT2D eigenvalue weighted by atomic mass is 16.5. The largest absolute Gasteiger partial charge is 0.469 e. The predicted molar refractivity (Wildman–Crippen MR) is 129 cm³/mol.